The monoisotopic (exact) mass is 444 g/mol. The number of aromatic nitrogens is 1. The maximum absolute atomic E-state index is 13.3. The summed E-state index contributed by atoms with van der Waals surface area (Å²) in [5, 5.41) is 20.1. The molecule has 0 aliphatic carbocycles. The number of ether oxygens (including phenoxy) is 1. The first-order chi connectivity index (χ1) is 15.4. The molecule has 2 aromatic carbocycles. The SMILES string of the molecule is Cc1nc(CC(C)C)sc1N(Cc1cccc(C#N)c1)C(=O)COc1cccc(C#N)c1. The molecule has 0 saturated heterocycles. The number of hydrogen-bond donors (Lipinski definition) is 0. The molecule has 162 valence electrons. The number of nitrogens with zero attached hydrogens (tertiary/aromatic N) is 4. The minimum atomic E-state index is -0.224. The Kier molecular flexibility index (Phi) is 7.59. The Morgan fingerprint density at radius 2 is 1.81 bits per heavy atom. The highest BCUT2D eigenvalue weighted by Crippen LogP contribution is 2.31. The van der Waals surface area contributed by atoms with Crippen molar-refractivity contribution in [2.24, 2.45) is 5.92 Å². The average Bonchev–Trinajstić information content (AvgIpc) is 3.14. The van der Waals surface area contributed by atoms with E-state index in [4.69, 9.17) is 10.00 Å². The van der Waals surface area contributed by atoms with E-state index in [-0.39, 0.29) is 12.5 Å². The number of thiazole rings is 1. The maximum atomic E-state index is 13.3. The first-order valence-corrected chi connectivity index (χ1v) is 11.1. The fourth-order valence-corrected chi connectivity index (χ4v) is 4.50. The summed E-state index contributed by atoms with van der Waals surface area (Å²) in [6.45, 7) is 6.30. The summed E-state index contributed by atoms with van der Waals surface area (Å²) >= 11 is 1.51. The predicted octanol–water partition coefficient (Wildman–Crippen LogP) is 5.01. The second-order valence-corrected chi connectivity index (χ2v) is 8.88. The van der Waals surface area contributed by atoms with Crippen molar-refractivity contribution in [3.63, 3.8) is 0 Å². The number of amides is 1. The zero-order valence-electron chi connectivity index (χ0n) is 18.3. The maximum Gasteiger partial charge on any atom is 0.265 e. The van der Waals surface area contributed by atoms with E-state index in [1.807, 2.05) is 19.1 Å². The first-order valence-electron chi connectivity index (χ1n) is 10.3. The highest BCUT2D eigenvalue weighted by Gasteiger charge is 2.23. The Bertz CT molecular complexity index is 1190. The molecule has 6 nitrogen and oxygen atoms in total. The van der Waals surface area contributed by atoms with Gasteiger partial charge in [0.15, 0.2) is 6.61 Å². The molecule has 0 aliphatic heterocycles. The number of aryl methyl sites for hydroxylation is 1. The largest absolute Gasteiger partial charge is 0.484 e. The molecular formula is C25H24N4O2S. The van der Waals surface area contributed by atoms with Crippen LogP contribution < -0.4 is 9.64 Å². The summed E-state index contributed by atoms with van der Waals surface area (Å²) in [5.41, 5.74) is 2.65. The molecule has 1 aromatic heterocycles. The molecule has 32 heavy (non-hydrogen) atoms. The number of rotatable bonds is 8. The highest BCUT2D eigenvalue weighted by molar-refractivity contribution is 7.16. The van der Waals surface area contributed by atoms with Gasteiger partial charge in [0.2, 0.25) is 0 Å². The van der Waals surface area contributed by atoms with Gasteiger partial charge in [-0.3, -0.25) is 9.69 Å². The first kappa shape index (κ1) is 23.0. The van der Waals surface area contributed by atoms with Gasteiger partial charge in [0.1, 0.15) is 10.8 Å². The van der Waals surface area contributed by atoms with E-state index in [1.165, 1.54) is 11.3 Å². The van der Waals surface area contributed by atoms with Crippen molar-refractivity contribution >= 4 is 22.2 Å². The molecule has 0 saturated carbocycles. The molecule has 0 aliphatic rings. The number of benzene rings is 2. The minimum absolute atomic E-state index is 0.177. The zero-order chi connectivity index (χ0) is 23.1. The third-order valence-corrected chi connectivity index (χ3v) is 5.87. The van der Waals surface area contributed by atoms with Gasteiger partial charge in [-0.1, -0.05) is 32.0 Å². The Morgan fingerprint density at radius 1 is 1.12 bits per heavy atom. The summed E-state index contributed by atoms with van der Waals surface area (Å²) in [6, 6.07) is 18.1. The van der Waals surface area contributed by atoms with Crippen LogP contribution in [0.5, 0.6) is 5.75 Å². The van der Waals surface area contributed by atoms with Crippen molar-refractivity contribution < 1.29 is 9.53 Å². The molecule has 0 spiro atoms. The van der Waals surface area contributed by atoms with Gasteiger partial charge in [0, 0.05) is 6.42 Å². The Morgan fingerprint density at radius 3 is 2.50 bits per heavy atom. The van der Waals surface area contributed by atoms with Gasteiger partial charge < -0.3 is 4.74 Å². The molecule has 0 fully saturated rings. The number of nitriles is 2. The lowest BCUT2D eigenvalue weighted by Crippen LogP contribution is -2.34. The van der Waals surface area contributed by atoms with Crippen molar-refractivity contribution in [2.75, 3.05) is 11.5 Å². The van der Waals surface area contributed by atoms with Crippen molar-refractivity contribution in [3.05, 3.63) is 75.9 Å². The lowest BCUT2D eigenvalue weighted by atomic mass is 10.1. The normalized spacial score (nSPS) is 10.4. The van der Waals surface area contributed by atoms with Gasteiger partial charge in [-0.25, -0.2) is 4.98 Å². The standard InChI is InChI=1S/C25H24N4O2S/c1-17(2)10-23-28-18(3)25(32-23)29(15-21-8-4-6-19(11-21)13-26)24(30)16-31-22-9-5-7-20(12-22)14-27/h4-9,11-12,17H,10,15-16H2,1-3H3. The van der Waals surface area contributed by atoms with E-state index >= 15 is 0 Å². The fraction of sp³-hybridized carbons (Fsp3) is 0.280. The van der Waals surface area contributed by atoms with Gasteiger partial charge in [0.05, 0.1) is 40.5 Å². The Hall–Kier alpha value is -3.68. The van der Waals surface area contributed by atoms with Crippen LogP contribution in [0, 0.1) is 35.5 Å². The van der Waals surface area contributed by atoms with Gasteiger partial charge in [-0.2, -0.15) is 10.5 Å². The van der Waals surface area contributed by atoms with Crippen LogP contribution in [0.4, 0.5) is 5.00 Å². The second kappa shape index (κ2) is 10.6. The van der Waals surface area contributed by atoms with Crippen molar-refractivity contribution in [1.29, 1.82) is 10.5 Å². The zero-order valence-corrected chi connectivity index (χ0v) is 19.1. The predicted molar refractivity (Wildman–Crippen MR) is 124 cm³/mol. The van der Waals surface area contributed by atoms with Crippen LogP contribution in [-0.4, -0.2) is 17.5 Å². The Balaban J connectivity index is 1.87. The van der Waals surface area contributed by atoms with Gasteiger partial charge in [-0.15, -0.1) is 11.3 Å². The van der Waals surface area contributed by atoms with Gasteiger partial charge in [0.25, 0.3) is 5.91 Å². The van der Waals surface area contributed by atoms with E-state index in [2.05, 4.69) is 31.0 Å². The fourth-order valence-electron chi connectivity index (χ4n) is 3.20. The van der Waals surface area contributed by atoms with Crippen LogP contribution in [0.25, 0.3) is 0 Å². The van der Waals surface area contributed by atoms with E-state index < -0.39 is 0 Å². The number of hydrogen-bond acceptors (Lipinski definition) is 6. The molecule has 1 heterocycles. The lowest BCUT2D eigenvalue weighted by Gasteiger charge is -2.22. The lowest BCUT2D eigenvalue weighted by molar-refractivity contribution is -0.120. The smallest absolute Gasteiger partial charge is 0.265 e. The molecule has 0 bridgehead atoms. The van der Waals surface area contributed by atoms with Crippen LogP contribution in [0.2, 0.25) is 0 Å². The number of carbonyl (C=O) groups excluding carboxylic acids is 1. The Labute approximate surface area is 192 Å². The number of carbonyl (C=O) groups is 1. The summed E-state index contributed by atoms with van der Waals surface area (Å²) in [4.78, 5) is 19.6. The summed E-state index contributed by atoms with van der Waals surface area (Å²) in [5.74, 6) is 0.698. The average molecular weight is 445 g/mol. The molecule has 0 N–H and O–H groups in total. The molecule has 0 radical (unpaired) electrons. The molecule has 3 rings (SSSR count). The third-order valence-electron chi connectivity index (χ3n) is 4.67. The van der Waals surface area contributed by atoms with Gasteiger partial charge >= 0.3 is 0 Å². The van der Waals surface area contributed by atoms with Crippen LogP contribution in [0.1, 0.15) is 41.2 Å². The highest BCUT2D eigenvalue weighted by atomic mass is 32.1. The molecule has 0 atom stereocenters. The van der Waals surface area contributed by atoms with E-state index in [1.54, 1.807) is 41.3 Å². The van der Waals surface area contributed by atoms with E-state index in [0.29, 0.717) is 29.3 Å². The summed E-state index contributed by atoms with van der Waals surface area (Å²) < 4.78 is 5.70. The second-order valence-electron chi connectivity index (χ2n) is 7.82. The molecule has 0 unspecified atom stereocenters. The van der Waals surface area contributed by atoms with Crippen LogP contribution >= 0.6 is 11.3 Å². The minimum Gasteiger partial charge on any atom is -0.484 e. The van der Waals surface area contributed by atoms with Crippen LogP contribution in [0.15, 0.2) is 48.5 Å². The third kappa shape index (κ3) is 5.94. The summed E-state index contributed by atoms with van der Waals surface area (Å²) in [6.07, 6.45) is 0.842. The van der Waals surface area contributed by atoms with Gasteiger partial charge in [-0.05, 0) is 48.7 Å². The topological polar surface area (TPSA) is 90.0 Å². The number of anilines is 1. The molecule has 7 heteroatoms. The molecule has 3 aromatic rings. The van der Waals surface area contributed by atoms with E-state index in [9.17, 15) is 10.1 Å². The summed E-state index contributed by atoms with van der Waals surface area (Å²) in [7, 11) is 0. The van der Waals surface area contributed by atoms with E-state index in [0.717, 1.165) is 27.7 Å². The van der Waals surface area contributed by atoms with Crippen molar-refractivity contribution in [1.82, 2.24) is 4.98 Å². The van der Waals surface area contributed by atoms with Crippen LogP contribution in [-0.2, 0) is 17.8 Å². The van der Waals surface area contributed by atoms with Crippen molar-refractivity contribution in [2.45, 2.75) is 33.7 Å². The van der Waals surface area contributed by atoms with Crippen LogP contribution in [0.3, 0.4) is 0 Å². The quantitative estimate of drug-likeness (QED) is 0.487. The molecular weight excluding hydrogens is 420 g/mol. The molecule has 1 amide bonds. The van der Waals surface area contributed by atoms with Crippen molar-refractivity contribution in [3.8, 4) is 17.9 Å².